The number of hydrogen-bond acceptors (Lipinski definition) is 3. The second-order valence-electron chi connectivity index (χ2n) is 3.84. The number of hydrogen-bond donors (Lipinski definition) is 2. The standard InChI is InChI=1S/C9H16N2O2/c12-6-7-1-2-9(13)11-4-3-10-5-8(7)11/h7-8,10,12H,1-6H2. The number of piperidine rings is 1. The van der Waals surface area contributed by atoms with Gasteiger partial charge in [0.05, 0.1) is 0 Å². The summed E-state index contributed by atoms with van der Waals surface area (Å²) in [5.41, 5.74) is 0. The van der Waals surface area contributed by atoms with Crippen LogP contribution < -0.4 is 5.32 Å². The minimum absolute atomic E-state index is 0.204. The van der Waals surface area contributed by atoms with Crippen LogP contribution in [-0.2, 0) is 4.79 Å². The third kappa shape index (κ3) is 1.56. The lowest BCUT2D eigenvalue weighted by molar-refractivity contribution is -0.140. The number of fused-ring (bicyclic) bond motifs is 1. The average Bonchev–Trinajstić information content (AvgIpc) is 2.19. The van der Waals surface area contributed by atoms with Crippen molar-refractivity contribution in [2.45, 2.75) is 18.9 Å². The summed E-state index contributed by atoms with van der Waals surface area (Å²) in [4.78, 5) is 13.4. The van der Waals surface area contributed by atoms with Gasteiger partial charge in [-0.15, -0.1) is 0 Å². The minimum Gasteiger partial charge on any atom is -0.396 e. The highest BCUT2D eigenvalue weighted by Crippen LogP contribution is 2.24. The molecule has 2 fully saturated rings. The van der Waals surface area contributed by atoms with E-state index in [1.54, 1.807) is 0 Å². The number of nitrogens with zero attached hydrogens (tertiary/aromatic N) is 1. The number of aliphatic hydroxyl groups excluding tert-OH is 1. The van der Waals surface area contributed by atoms with Gasteiger partial charge in [-0.2, -0.15) is 0 Å². The van der Waals surface area contributed by atoms with Crippen molar-refractivity contribution in [3.63, 3.8) is 0 Å². The van der Waals surface area contributed by atoms with Crippen LogP contribution in [0.1, 0.15) is 12.8 Å². The van der Waals surface area contributed by atoms with Crippen molar-refractivity contribution in [2.75, 3.05) is 26.2 Å². The Kier molecular flexibility index (Phi) is 2.51. The number of amides is 1. The predicted molar refractivity (Wildman–Crippen MR) is 48.2 cm³/mol. The highest BCUT2D eigenvalue weighted by Gasteiger charge is 2.36. The molecular weight excluding hydrogens is 168 g/mol. The molecule has 2 N–H and O–H groups in total. The van der Waals surface area contributed by atoms with E-state index in [0.29, 0.717) is 6.42 Å². The van der Waals surface area contributed by atoms with E-state index in [0.717, 1.165) is 26.1 Å². The van der Waals surface area contributed by atoms with Gasteiger partial charge in [0, 0.05) is 44.6 Å². The molecule has 4 nitrogen and oxygen atoms in total. The van der Waals surface area contributed by atoms with Crippen LogP contribution in [-0.4, -0.2) is 48.2 Å². The number of piperazine rings is 1. The van der Waals surface area contributed by atoms with E-state index in [1.807, 2.05) is 4.90 Å². The van der Waals surface area contributed by atoms with Crippen molar-refractivity contribution in [3.8, 4) is 0 Å². The van der Waals surface area contributed by atoms with Crippen LogP contribution in [0.3, 0.4) is 0 Å². The molecule has 0 bridgehead atoms. The van der Waals surface area contributed by atoms with Crippen LogP contribution in [0.15, 0.2) is 0 Å². The van der Waals surface area contributed by atoms with Crippen molar-refractivity contribution in [2.24, 2.45) is 5.92 Å². The molecule has 2 aliphatic heterocycles. The van der Waals surface area contributed by atoms with Crippen LogP contribution >= 0.6 is 0 Å². The quantitative estimate of drug-likeness (QED) is 0.560. The van der Waals surface area contributed by atoms with Gasteiger partial charge in [0.25, 0.3) is 0 Å². The van der Waals surface area contributed by atoms with Crippen molar-refractivity contribution in [1.82, 2.24) is 10.2 Å². The summed E-state index contributed by atoms with van der Waals surface area (Å²) >= 11 is 0. The van der Waals surface area contributed by atoms with Crippen molar-refractivity contribution >= 4 is 5.91 Å². The third-order valence-electron chi connectivity index (χ3n) is 3.11. The van der Waals surface area contributed by atoms with E-state index in [4.69, 9.17) is 5.11 Å². The molecule has 2 heterocycles. The monoisotopic (exact) mass is 184 g/mol. The van der Waals surface area contributed by atoms with Crippen molar-refractivity contribution in [1.29, 1.82) is 0 Å². The molecule has 0 aromatic carbocycles. The summed E-state index contributed by atoms with van der Waals surface area (Å²) in [5.74, 6) is 0.543. The van der Waals surface area contributed by atoms with Crippen LogP contribution in [0.5, 0.6) is 0 Å². The number of carbonyl (C=O) groups excluding carboxylic acids is 1. The molecule has 0 aromatic heterocycles. The molecule has 2 aliphatic rings. The van der Waals surface area contributed by atoms with Crippen molar-refractivity contribution in [3.05, 3.63) is 0 Å². The maximum Gasteiger partial charge on any atom is 0.222 e. The SMILES string of the molecule is O=C1CCC(CO)C2CNCCN12. The second kappa shape index (κ2) is 3.64. The number of rotatable bonds is 1. The van der Waals surface area contributed by atoms with Crippen LogP contribution in [0.4, 0.5) is 0 Å². The van der Waals surface area contributed by atoms with E-state index in [1.165, 1.54) is 0 Å². The van der Waals surface area contributed by atoms with E-state index >= 15 is 0 Å². The summed E-state index contributed by atoms with van der Waals surface area (Å²) < 4.78 is 0. The largest absolute Gasteiger partial charge is 0.396 e. The van der Waals surface area contributed by atoms with Gasteiger partial charge in [0.2, 0.25) is 5.91 Å². The minimum atomic E-state index is 0.204. The Hall–Kier alpha value is -0.610. The fourth-order valence-electron chi connectivity index (χ4n) is 2.31. The summed E-state index contributed by atoms with van der Waals surface area (Å²) in [6.45, 7) is 2.74. The molecule has 0 spiro atoms. The molecule has 0 radical (unpaired) electrons. The zero-order chi connectivity index (χ0) is 9.26. The van der Waals surface area contributed by atoms with Crippen LogP contribution in [0, 0.1) is 5.92 Å². The lowest BCUT2D eigenvalue weighted by Crippen LogP contribution is -2.59. The first-order valence-corrected chi connectivity index (χ1v) is 4.94. The van der Waals surface area contributed by atoms with E-state index in [9.17, 15) is 4.79 Å². The number of carbonyl (C=O) groups is 1. The molecule has 2 saturated heterocycles. The summed E-state index contributed by atoms with van der Waals surface area (Å²) in [6.07, 6.45) is 1.46. The highest BCUT2D eigenvalue weighted by atomic mass is 16.3. The molecule has 2 atom stereocenters. The molecule has 0 aliphatic carbocycles. The topological polar surface area (TPSA) is 52.6 Å². The van der Waals surface area contributed by atoms with Crippen LogP contribution in [0.2, 0.25) is 0 Å². The zero-order valence-corrected chi connectivity index (χ0v) is 7.70. The molecular formula is C9H16N2O2. The van der Waals surface area contributed by atoms with Gasteiger partial charge >= 0.3 is 0 Å². The average molecular weight is 184 g/mol. The number of nitrogens with one attached hydrogen (secondary N) is 1. The zero-order valence-electron chi connectivity index (χ0n) is 7.70. The van der Waals surface area contributed by atoms with Gasteiger partial charge in [0.15, 0.2) is 0 Å². The van der Waals surface area contributed by atoms with Gasteiger partial charge in [-0.3, -0.25) is 4.79 Å². The lowest BCUT2D eigenvalue weighted by Gasteiger charge is -2.43. The first kappa shape index (κ1) is 8.97. The molecule has 1 amide bonds. The Labute approximate surface area is 77.9 Å². The van der Waals surface area contributed by atoms with Gasteiger partial charge in [-0.05, 0) is 6.42 Å². The Bertz CT molecular complexity index is 208. The lowest BCUT2D eigenvalue weighted by atomic mass is 9.88. The van der Waals surface area contributed by atoms with Crippen molar-refractivity contribution < 1.29 is 9.90 Å². The first-order valence-electron chi connectivity index (χ1n) is 4.94. The Morgan fingerprint density at radius 1 is 1.62 bits per heavy atom. The molecule has 4 heteroatoms. The fraction of sp³-hybridized carbons (Fsp3) is 0.889. The summed E-state index contributed by atoms with van der Waals surface area (Å²) in [5, 5.41) is 12.4. The van der Waals surface area contributed by atoms with Gasteiger partial charge in [-0.1, -0.05) is 0 Å². The Balaban J connectivity index is 2.09. The maximum atomic E-state index is 11.5. The summed E-state index contributed by atoms with van der Waals surface area (Å²) in [6, 6.07) is 0.236. The summed E-state index contributed by atoms with van der Waals surface area (Å²) in [7, 11) is 0. The van der Waals surface area contributed by atoms with E-state index in [-0.39, 0.29) is 24.5 Å². The predicted octanol–water partition coefficient (Wildman–Crippen LogP) is -0.811. The Morgan fingerprint density at radius 2 is 2.46 bits per heavy atom. The molecule has 0 saturated carbocycles. The highest BCUT2D eigenvalue weighted by molar-refractivity contribution is 5.77. The van der Waals surface area contributed by atoms with Crippen LogP contribution in [0.25, 0.3) is 0 Å². The van der Waals surface area contributed by atoms with E-state index in [2.05, 4.69) is 5.32 Å². The van der Waals surface area contributed by atoms with Gasteiger partial charge < -0.3 is 15.3 Å². The fourth-order valence-corrected chi connectivity index (χ4v) is 2.31. The first-order chi connectivity index (χ1) is 6.33. The van der Waals surface area contributed by atoms with E-state index < -0.39 is 0 Å². The molecule has 0 aromatic rings. The molecule has 13 heavy (non-hydrogen) atoms. The smallest absolute Gasteiger partial charge is 0.222 e. The molecule has 2 rings (SSSR count). The van der Waals surface area contributed by atoms with Gasteiger partial charge in [0.1, 0.15) is 0 Å². The second-order valence-corrected chi connectivity index (χ2v) is 3.84. The maximum absolute atomic E-state index is 11.5. The molecule has 74 valence electrons. The van der Waals surface area contributed by atoms with Gasteiger partial charge in [-0.25, -0.2) is 0 Å². The normalized spacial score (nSPS) is 34.5. The number of aliphatic hydroxyl groups is 1. The Morgan fingerprint density at radius 3 is 3.23 bits per heavy atom. The third-order valence-corrected chi connectivity index (χ3v) is 3.11. The molecule has 2 unspecified atom stereocenters.